The number of hydrogen-bond donors (Lipinski definition) is 2. The van der Waals surface area contributed by atoms with Gasteiger partial charge in [-0.2, -0.15) is 26.3 Å². The molecule has 2 fully saturated rings. The van der Waals surface area contributed by atoms with E-state index in [1.807, 2.05) is 9.80 Å². The Kier molecular flexibility index (Phi) is 10.5. The largest absolute Gasteiger partial charge is 0.417 e. The van der Waals surface area contributed by atoms with Crippen molar-refractivity contribution in [1.29, 1.82) is 0 Å². The van der Waals surface area contributed by atoms with Crippen LogP contribution in [-0.4, -0.2) is 93.6 Å². The zero-order chi connectivity index (χ0) is 40.2. The van der Waals surface area contributed by atoms with Gasteiger partial charge in [0.1, 0.15) is 23.2 Å². The number of aromatic nitrogens is 2. The Balaban J connectivity index is 0.000000172. The summed E-state index contributed by atoms with van der Waals surface area (Å²) in [6.45, 7) is 6.96. The van der Waals surface area contributed by atoms with Crippen LogP contribution in [0.4, 0.5) is 38.0 Å². The molecule has 0 amide bonds. The second-order valence-corrected chi connectivity index (χ2v) is 16.0. The molecule has 2 atom stereocenters. The highest BCUT2D eigenvalue weighted by Gasteiger charge is 2.45. The number of rotatable bonds is 4. The van der Waals surface area contributed by atoms with Crippen molar-refractivity contribution in [2.45, 2.75) is 88.8 Å². The zero-order valence-corrected chi connectivity index (χ0v) is 31.2. The quantitative estimate of drug-likeness (QED) is 0.343. The van der Waals surface area contributed by atoms with E-state index >= 15 is 0 Å². The monoisotopic (exact) mass is 786 g/mol. The van der Waals surface area contributed by atoms with Crippen molar-refractivity contribution in [2.75, 3.05) is 49.1 Å². The van der Waals surface area contributed by atoms with E-state index in [2.05, 4.69) is 20.0 Å². The highest BCUT2D eigenvalue weighted by molar-refractivity contribution is 6.09. The third-order valence-corrected chi connectivity index (χ3v) is 11.6. The van der Waals surface area contributed by atoms with Gasteiger partial charge in [-0.25, -0.2) is 9.97 Å². The molecule has 6 heterocycles. The number of anilines is 2. The number of Topliss-reactive ketones (excluding diaryl/α,β-unsaturated/α-hetero) is 2. The molecule has 8 rings (SSSR count). The molecule has 0 radical (unpaired) electrons. The maximum Gasteiger partial charge on any atom is 0.417 e. The van der Waals surface area contributed by atoms with Crippen LogP contribution in [0.1, 0.15) is 76.3 Å². The number of pyridine rings is 2. The molecule has 2 saturated heterocycles. The van der Waals surface area contributed by atoms with Gasteiger partial charge in [0.2, 0.25) is 0 Å². The van der Waals surface area contributed by atoms with Crippen molar-refractivity contribution in [3.05, 3.63) is 70.1 Å². The molecule has 10 nitrogen and oxygen atoms in total. The Bertz CT molecular complexity index is 1840. The summed E-state index contributed by atoms with van der Waals surface area (Å²) in [6, 6.07) is 4.94. The van der Waals surface area contributed by atoms with Crippen molar-refractivity contribution in [2.24, 2.45) is 21.8 Å². The van der Waals surface area contributed by atoms with E-state index in [4.69, 9.17) is 0 Å². The van der Waals surface area contributed by atoms with Crippen molar-refractivity contribution in [3.63, 3.8) is 0 Å². The number of aliphatic imine (C=N–C) groups is 2. The second kappa shape index (κ2) is 14.8. The molecule has 0 aromatic carbocycles. The molecule has 16 heteroatoms. The third kappa shape index (κ3) is 8.18. The molecule has 0 bridgehead atoms. The van der Waals surface area contributed by atoms with Crippen LogP contribution in [0.25, 0.3) is 0 Å². The van der Waals surface area contributed by atoms with E-state index in [0.717, 1.165) is 83.9 Å². The first kappa shape index (κ1) is 39.8. The predicted molar refractivity (Wildman–Crippen MR) is 197 cm³/mol. The number of aliphatic hydroxyl groups is 2. The van der Waals surface area contributed by atoms with E-state index in [9.17, 15) is 46.1 Å². The molecule has 4 aliphatic heterocycles. The first-order valence-corrected chi connectivity index (χ1v) is 18.9. The van der Waals surface area contributed by atoms with E-state index < -0.39 is 34.7 Å². The summed E-state index contributed by atoms with van der Waals surface area (Å²) >= 11 is 0. The minimum atomic E-state index is -4.39. The molecule has 56 heavy (non-hydrogen) atoms. The predicted octanol–water partition coefficient (Wildman–Crippen LogP) is 6.36. The van der Waals surface area contributed by atoms with Crippen LogP contribution >= 0.6 is 0 Å². The number of alkyl halides is 6. The highest BCUT2D eigenvalue weighted by atomic mass is 19.4. The third-order valence-electron chi connectivity index (χ3n) is 11.6. The van der Waals surface area contributed by atoms with Gasteiger partial charge in [-0.1, -0.05) is 0 Å². The molecule has 0 spiro atoms. The van der Waals surface area contributed by atoms with Gasteiger partial charge in [0.25, 0.3) is 0 Å². The van der Waals surface area contributed by atoms with Gasteiger partial charge in [-0.05, 0) is 74.9 Å². The minimum absolute atomic E-state index is 0.0448. The molecule has 2 aromatic heterocycles. The fourth-order valence-corrected chi connectivity index (χ4v) is 9.10. The van der Waals surface area contributed by atoms with Crippen LogP contribution < -0.4 is 9.80 Å². The first-order valence-electron chi connectivity index (χ1n) is 18.9. The maximum absolute atomic E-state index is 12.7. The average molecular weight is 787 g/mol. The van der Waals surface area contributed by atoms with Gasteiger partial charge in [0.15, 0.2) is 0 Å². The lowest BCUT2D eigenvalue weighted by Crippen LogP contribution is -2.42. The molecular weight excluding hydrogens is 742 g/mol. The van der Waals surface area contributed by atoms with Crippen molar-refractivity contribution in [1.82, 2.24) is 9.97 Å². The van der Waals surface area contributed by atoms with Crippen molar-refractivity contribution < 1.29 is 46.1 Å². The Hall–Kier alpha value is -4.44. The Morgan fingerprint density at radius 1 is 0.625 bits per heavy atom. The number of halogens is 6. The molecule has 2 unspecified atom stereocenters. The first-order chi connectivity index (χ1) is 26.3. The maximum atomic E-state index is 12.7. The molecule has 6 aliphatic rings. The summed E-state index contributed by atoms with van der Waals surface area (Å²) in [6.07, 6.45) is -2.93. The van der Waals surface area contributed by atoms with Gasteiger partial charge >= 0.3 is 12.4 Å². The average Bonchev–Trinajstić information content (AvgIpc) is 3.77. The van der Waals surface area contributed by atoms with Gasteiger partial charge in [0.05, 0.1) is 35.4 Å². The van der Waals surface area contributed by atoms with E-state index in [-0.39, 0.29) is 36.2 Å². The van der Waals surface area contributed by atoms with Crippen LogP contribution in [0.5, 0.6) is 0 Å². The fraction of sp³-hybridized carbons (Fsp3) is 0.550. The van der Waals surface area contributed by atoms with Gasteiger partial charge < -0.3 is 20.0 Å². The normalized spacial score (nSPS) is 26.5. The van der Waals surface area contributed by atoms with Crippen LogP contribution in [0.15, 0.2) is 68.9 Å². The topological polar surface area (TPSA) is 132 Å². The Labute approximate surface area is 320 Å². The van der Waals surface area contributed by atoms with Crippen molar-refractivity contribution >= 4 is 34.6 Å². The fourth-order valence-electron chi connectivity index (χ4n) is 9.10. The smallest absolute Gasteiger partial charge is 0.385 e. The van der Waals surface area contributed by atoms with Crippen molar-refractivity contribution in [3.8, 4) is 0 Å². The lowest BCUT2D eigenvalue weighted by Gasteiger charge is -2.37. The molecular formula is C40H44F6N6O4. The lowest BCUT2D eigenvalue weighted by molar-refractivity contribution is -0.138. The summed E-state index contributed by atoms with van der Waals surface area (Å²) in [5.41, 5.74) is 1.56. The van der Waals surface area contributed by atoms with E-state index in [1.54, 1.807) is 13.8 Å². The van der Waals surface area contributed by atoms with E-state index in [0.29, 0.717) is 63.7 Å². The van der Waals surface area contributed by atoms with Crippen LogP contribution in [0.2, 0.25) is 0 Å². The second-order valence-electron chi connectivity index (χ2n) is 16.0. The summed E-state index contributed by atoms with van der Waals surface area (Å²) < 4.78 is 76.2. The Morgan fingerprint density at radius 3 is 1.29 bits per heavy atom. The molecule has 300 valence electrons. The summed E-state index contributed by atoms with van der Waals surface area (Å²) in [5, 5.41) is 21.5. The molecule has 2 aromatic rings. The van der Waals surface area contributed by atoms with E-state index in [1.165, 1.54) is 12.1 Å². The summed E-state index contributed by atoms with van der Waals surface area (Å²) in [4.78, 5) is 44.9. The number of ketones is 2. The number of hydrogen-bond acceptors (Lipinski definition) is 10. The highest BCUT2D eigenvalue weighted by Crippen LogP contribution is 2.42. The van der Waals surface area contributed by atoms with Gasteiger partial charge in [-0.3, -0.25) is 19.6 Å². The minimum Gasteiger partial charge on any atom is -0.385 e. The number of carbonyl (C=O) groups excluding carboxylic acids is 2. The van der Waals surface area contributed by atoms with Gasteiger partial charge in [-0.15, -0.1) is 0 Å². The summed E-state index contributed by atoms with van der Waals surface area (Å²) in [7, 11) is 0. The number of nitrogens with zero attached hydrogens (tertiary/aromatic N) is 6. The van der Waals surface area contributed by atoms with Gasteiger partial charge in [0, 0.05) is 98.7 Å². The molecule has 2 aliphatic carbocycles. The van der Waals surface area contributed by atoms with Crippen LogP contribution in [0, 0.1) is 11.8 Å². The lowest BCUT2D eigenvalue weighted by atomic mass is 9.74. The van der Waals surface area contributed by atoms with Crippen LogP contribution in [0.3, 0.4) is 0 Å². The zero-order valence-electron chi connectivity index (χ0n) is 31.2. The number of piperidine rings is 2. The standard InChI is InChI=1S/2C20H22F3N3O2/c2*1-19(28)9-15(27)8-13-10-25-18(17(13)19)12-4-6-26(7-5-12)16-3-2-14(11-24-16)20(21,22)23/h2*2-3,11-12,28H,4-10H2,1H3. The molecule has 2 N–H and O–H groups in total. The summed E-state index contributed by atoms with van der Waals surface area (Å²) in [5.74, 6) is 1.52. The molecule has 0 saturated carbocycles. The Morgan fingerprint density at radius 2 is 0.982 bits per heavy atom. The SMILES string of the molecule is CC1(O)CC(=O)CC2=C1C(C1CCN(c3ccc(C(F)(F)F)cn3)CC1)=NC2.CC1(O)CC(=O)CC2=C1C(C1CCN(c3ccc(C(F)(F)F)cn3)CC1)=NC2. The van der Waals surface area contributed by atoms with Crippen LogP contribution in [-0.2, 0) is 21.9 Å². The number of carbonyl (C=O) groups is 2.